The van der Waals surface area contributed by atoms with Crippen LogP contribution in [0.5, 0.6) is 0 Å². The zero-order valence-corrected chi connectivity index (χ0v) is 16.1. The highest BCUT2D eigenvalue weighted by molar-refractivity contribution is 6.32. The number of benzene rings is 1. The van der Waals surface area contributed by atoms with E-state index in [4.69, 9.17) is 16.3 Å². The summed E-state index contributed by atoms with van der Waals surface area (Å²) >= 11 is 5.91. The van der Waals surface area contributed by atoms with E-state index in [2.05, 4.69) is 0 Å². The van der Waals surface area contributed by atoms with E-state index in [1.165, 1.54) is 0 Å². The van der Waals surface area contributed by atoms with E-state index in [0.717, 1.165) is 31.3 Å². The van der Waals surface area contributed by atoms with Gasteiger partial charge in [0.25, 0.3) is 5.56 Å². The number of nitrogens with zero attached hydrogens (tertiary/aromatic N) is 2. The van der Waals surface area contributed by atoms with Gasteiger partial charge in [-0.05, 0) is 37.6 Å². The molecule has 11 heteroatoms. The topological polar surface area (TPSA) is 70.3 Å². The Morgan fingerprint density at radius 1 is 1.21 bits per heavy atom. The Balaban J connectivity index is 2.64. The summed E-state index contributed by atoms with van der Waals surface area (Å²) in [6.45, 7) is 3.25. The Bertz CT molecular complexity index is 1100. The van der Waals surface area contributed by atoms with Gasteiger partial charge in [-0.25, -0.2) is 18.5 Å². The summed E-state index contributed by atoms with van der Waals surface area (Å²) in [5.41, 5.74) is -4.84. The predicted octanol–water partition coefficient (Wildman–Crippen LogP) is 3.31. The van der Waals surface area contributed by atoms with Crippen LogP contribution in [0.15, 0.2) is 33.9 Å². The Labute approximate surface area is 166 Å². The molecule has 6 nitrogen and oxygen atoms in total. The fourth-order valence-corrected chi connectivity index (χ4v) is 2.61. The molecule has 0 saturated carbocycles. The van der Waals surface area contributed by atoms with Crippen LogP contribution in [0.2, 0.25) is 5.02 Å². The molecule has 0 atom stereocenters. The van der Waals surface area contributed by atoms with Gasteiger partial charge in [-0.2, -0.15) is 13.2 Å². The van der Waals surface area contributed by atoms with Crippen LogP contribution in [0.1, 0.15) is 25.1 Å². The minimum Gasteiger partial charge on any atom is -0.460 e. The minimum absolute atomic E-state index is 0.0395. The summed E-state index contributed by atoms with van der Waals surface area (Å²) in [6.07, 6.45) is -3.18. The molecular weight excluding hydrogens is 420 g/mol. The second-order valence-electron chi connectivity index (χ2n) is 6.19. The summed E-state index contributed by atoms with van der Waals surface area (Å²) < 4.78 is 58.6. The number of ether oxygens (including phenoxy) is 1. The molecule has 2 rings (SSSR count). The normalized spacial score (nSPS) is 12.0. The summed E-state index contributed by atoms with van der Waals surface area (Å²) in [4.78, 5) is 36.1. The highest BCUT2D eigenvalue weighted by atomic mass is 35.5. The van der Waals surface area contributed by atoms with Gasteiger partial charge in [0.15, 0.2) is 0 Å². The summed E-state index contributed by atoms with van der Waals surface area (Å²) in [6, 6.07) is 1.92. The van der Waals surface area contributed by atoms with E-state index in [1.807, 2.05) is 0 Å². The van der Waals surface area contributed by atoms with Gasteiger partial charge in [-0.1, -0.05) is 11.6 Å². The average molecular weight is 435 g/mol. The molecule has 0 bridgehead atoms. The molecule has 0 amide bonds. The van der Waals surface area contributed by atoms with Gasteiger partial charge in [0.2, 0.25) is 0 Å². The maximum atomic E-state index is 14.4. The first-order valence-corrected chi connectivity index (χ1v) is 8.49. The van der Waals surface area contributed by atoms with Crippen molar-refractivity contribution in [3.05, 3.63) is 67.2 Å². The monoisotopic (exact) mass is 434 g/mol. The summed E-state index contributed by atoms with van der Waals surface area (Å²) in [5, 5.41) is -0.156. The number of esters is 1. The van der Waals surface area contributed by atoms with E-state index >= 15 is 0 Å². The van der Waals surface area contributed by atoms with Crippen molar-refractivity contribution in [3.63, 3.8) is 0 Å². The molecule has 0 radical (unpaired) electrons. The van der Waals surface area contributed by atoms with Gasteiger partial charge in [-0.15, -0.1) is 0 Å². The molecule has 0 aliphatic rings. The standard InChI is InChI=1S/C18H15ClF4N2O4/c1-9(2)29-16(27)5-4-10-6-13(12(20)7-11(10)19)25-15(26)8-14(18(21,22)23)24(3)17(25)28/h4-9H,1-3H3. The maximum absolute atomic E-state index is 14.4. The molecule has 0 fully saturated rings. The summed E-state index contributed by atoms with van der Waals surface area (Å²) in [5.74, 6) is -1.83. The van der Waals surface area contributed by atoms with Crippen LogP contribution < -0.4 is 11.2 Å². The van der Waals surface area contributed by atoms with Crippen LogP contribution in [0.3, 0.4) is 0 Å². The molecule has 156 valence electrons. The molecule has 2 aromatic rings. The van der Waals surface area contributed by atoms with Crippen LogP contribution in [-0.2, 0) is 22.8 Å². The predicted molar refractivity (Wildman–Crippen MR) is 97.5 cm³/mol. The van der Waals surface area contributed by atoms with Gasteiger partial charge in [0.1, 0.15) is 11.5 Å². The number of carbonyl (C=O) groups excluding carboxylic acids is 1. The first-order valence-electron chi connectivity index (χ1n) is 8.11. The molecule has 0 saturated heterocycles. The minimum atomic E-state index is -4.95. The van der Waals surface area contributed by atoms with Crippen LogP contribution >= 0.6 is 11.6 Å². The fraction of sp³-hybridized carbons (Fsp3) is 0.278. The number of hydrogen-bond donors (Lipinski definition) is 0. The zero-order valence-electron chi connectivity index (χ0n) is 15.4. The second-order valence-corrected chi connectivity index (χ2v) is 6.59. The molecule has 1 aromatic carbocycles. The molecule has 29 heavy (non-hydrogen) atoms. The van der Waals surface area contributed by atoms with E-state index in [-0.39, 0.29) is 31.9 Å². The lowest BCUT2D eigenvalue weighted by molar-refractivity contribution is -0.144. The lowest BCUT2D eigenvalue weighted by Crippen LogP contribution is -2.41. The van der Waals surface area contributed by atoms with E-state index < -0.39 is 40.6 Å². The van der Waals surface area contributed by atoms with Crippen molar-refractivity contribution in [2.75, 3.05) is 0 Å². The van der Waals surface area contributed by atoms with Crippen LogP contribution in [-0.4, -0.2) is 21.2 Å². The molecule has 0 unspecified atom stereocenters. The summed E-state index contributed by atoms with van der Waals surface area (Å²) in [7, 11) is 0.803. The third-order valence-corrected chi connectivity index (χ3v) is 4.00. The van der Waals surface area contributed by atoms with Crippen LogP contribution in [0.4, 0.5) is 17.6 Å². The fourth-order valence-electron chi connectivity index (χ4n) is 2.40. The Hall–Kier alpha value is -2.88. The number of alkyl halides is 3. The number of carbonyl (C=O) groups is 1. The zero-order chi connectivity index (χ0) is 22.1. The van der Waals surface area contributed by atoms with Crippen molar-refractivity contribution in [2.24, 2.45) is 7.05 Å². The SMILES string of the molecule is CC(C)OC(=O)C=Cc1cc(-n2c(=O)cc(C(F)(F)F)n(C)c2=O)c(F)cc1Cl. The molecule has 0 spiro atoms. The van der Waals surface area contributed by atoms with E-state index in [0.29, 0.717) is 0 Å². The molecule has 0 N–H and O–H groups in total. The van der Waals surface area contributed by atoms with Crippen LogP contribution in [0, 0.1) is 5.82 Å². The van der Waals surface area contributed by atoms with Crippen molar-refractivity contribution in [3.8, 4) is 5.69 Å². The first-order chi connectivity index (χ1) is 13.3. The van der Waals surface area contributed by atoms with Crippen molar-refractivity contribution >= 4 is 23.6 Å². The second kappa shape index (κ2) is 8.24. The maximum Gasteiger partial charge on any atom is 0.431 e. The molecule has 1 heterocycles. The third kappa shape index (κ3) is 4.94. The quantitative estimate of drug-likeness (QED) is 0.420. The number of halogens is 5. The van der Waals surface area contributed by atoms with Crippen LogP contribution in [0.25, 0.3) is 11.8 Å². The van der Waals surface area contributed by atoms with E-state index in [1.54, 1.807) is 13.8 Å². The largest absolute Gasteiger partial charge is 0.460 e. The lowest BCUT2D eigenvalue weighted by Gasteiger charge is -2.15. The number of hydrogen-bond acceptors (Lipinski definition) is 4. The third-order valence-electron chi connectivity index (χ3n) is 3.67. The Morgan fingerprint density at radius 2 is 1.83 bits per heavy atom. The highest BCUT2D eigenvalue weighted by Gasteiger charge is 2.35. The van der Waals surface area contributed by atoms with Gasteiger partial charge < -0.3 is 4.74 Å². The van der Waals surface area contributed by atoms with Gasteiger partial charge in [0.05, 0.1) is 16.8 Å². The van der Waals surface area contributed by atoms with E-state index in [9.17, 15) is 31.9 Å². The number of aromatic nitrogens is 2. The Kier molecular flexibility index (Phi) is 6.37. The Morgan fingerprint density at radius 3 is 2.38 bits per heavy atom. The van der Waals surface area contributed by atoms with Gasteiger partial charge in [0, 0.05) is 19.2 Å². The lowest BCUT2D eigenvalue weighted by atomic mass is 10.1. The first kappa shape index (κ1) is 22.4. The molecular formula is C18H15ClF4N2O4. The molecule has 0 aliphatic heterocycles. The van der Waals surface area contributed by atoms with Gasteiger partial charge in [-0.3, -0.25) is 9.36 Å². The van der Waals surface area contributed by atoms with Crippen molar-refractivity contribution in [1.29, 1.82) is 0 Å². The highest BCUT2D eigenvalue weighted by Crippen LogP contribution is 2.27. The van der Waals surface area contributed by atoms with Crippen molar-refractivity contribution < 1.29 is 27.1 Å². The number of rotatable bonds is 4. The average Bonchev–Trinajstić information content (AvgIpc) is 2.57. The molecule has 1 aromatic heterocycles. The van der Waals surface area contributed by atoms with Crippen molar-refractivity contribution in [1.82, 2.24) is 9.13 Å². The molecule has 0 aliphatic carbocycles. The van der Waals surface area contributed by atoms with Crippen molar-refractivity contribution in [2.45, 2.75) is 26.1 Å². The smallest absolute Gasteiger partial charge is 0.431 e. The van der Waals surface area contributed by atoms with Gasteiger partial charge >= 0.3 is 17.8 Å².